The van der Waals surface area contributed by atoms with Crippen LogP contribution in [0.4, 0.5) is 0 Å². The number of aromatic nitrogens is 4. The normalized spacial score (nSPS) is 11.9. The van der Waals surface area contributed by atoms with Crippen LogP contribution >= 0.6 is 11.3 Å². The Morgan fingerprint density at radius 2 is 1.12 bits per heavy atom. The lowest BCUT2D eigenvalue weighted by Crippen LogP contribution is -2.00. The Labute approximate surface area is 295 Å². The van der Waals surface area contributed by atoms with Crippen molar-refractivity contribution in [2.24, 2.45) is 0 Å². The Morgan fingerprint density at radius 1 is 0.431 bits per heavy atom. The van der Waals surface area contributed by atoms with E-state index in [9.17, 15) is 0 Å². The first-order chi connectivity index (χ1) is 25.3. The van der Waals surface area contributed by atoms with E-state index in [0.717, 1.165) is 55.3 Å². The topological polar surface area (TPSA) is 56.7 Å². The van der Waals surface area contributed by atoms with Crippen molar-refractivity contribution in [1.29, 1.82) is 0 Å². The Balaban J connectivity index is 1.14. The molecule has 0 aliphatic carbocycles. The SMILES string of the molecule is c1ccc(-c2nc(-c3ccc4oc5cc6c(cc5c4c3)c3ccccc3n6-c3ccccc3)nc(-c3cccc4sc5ccccc5c34)n2)cc1. The fourth-order valence-electron chi connectivity index (χ4n) is 7.54. The molecular weight excluding hydrogens is 645 g/mol. The van der Waals surface area contributed by atoms with Gasteiger partial charge >= 0.3 is 0 Å². The largest absolute Gasteiger partial charge is 0.456 e. The zero-order valence-electron chi connectivity index (χ0n) is 27.1. The highest BCUT2D eigenvalue weighted by atomic mass is 32.1. The summed E-state index contributed by atoms with van der Waals surface area (Å²) in [6.07, 6.45) is 0. The second-order valence-electron chi connectivity index (χ2n) is 12.8. The van der Waals surface area contributed by atoms with Gasteiger partial charge in [-0.15, -0.1) is 11.3 Å². The molecule has 11 aromatic rings. The molecule has 0 aliphatic rings. The second-order valence-corrected chi connectivity index (χ2v) is 13.9. The van der Waals surface area contributed by atoms with Crippen molar-refractivity contribution >= 4 is 75.3 Å². The zero-order chi connectivity index (χ0) is 33.5. The summed E-state index contributed by atoms with van der Waals surface area (Å²) in [5, 5.41) is 6.85. The number of fused-ring (bicyclic) bond motifs is 9. The van der Waals surface area contributed by atoms with E-state index in [-0.39, 0.29) is 0 Å². The molecule has 51 heavy (non-hydrogen) atoms. The molecule has 238 valence electrons. The maximum Gasteiger partial charge on any atom is 0.164 e. The highest BCUT2D eigenvalue weighted by Crippen LogP contribution is 2.41. The summed E-state index contributed by atoms with van der Waals surface area (Å²) < 4.78 is 11.3. The fourth-order valence-corrected chi connectivity index (χ4v) is 8.67. The molecule has 4 aromatic heterocycles. The zero-order valence-corrected chi connectivity index (χ0v) is 27.9. The Hall–Kier alpha value is -6.63. The van der Waals surface area contributed by atoms with E-state index in [1.54, 1.807) is 11.3 Å². The first kappa shape index (κ1) is 28.2. The minimum absolute atomic E-state index is 0.619. The standard InChI is InChI=1S/C45H26N4OS/c1-3-12-27(13-4-1)43-46-44(48-45(47-43)32-18-11-21-41-42(32)31-17-8-10-20-40(31)51-41)28-22-23-38-34(24-28)35-25-33-30-16-7-9-19-36(30)49(29-14-5-2-6-15-29)37(33)26-39(35)50-38/h1-26H. The van der Waals surface area contributed by atoms with Gasteiger partial charge in [-0.3, -0.25) is 0 Å². The number of benzene rings is 7. The first-order valence-corrected chi connectivity index (χ1v) is 17.8. The summed E-state index contributed by atoms with van der Waals surface area (Å²) in [6, 6.07) is 54.9. The van der Waals surface area contributed by atoms with Gasteiger partial charge in [0, 0.05) is 70.2 Å². The highest BCUT2D eigenvalue weighted by molar-refractivity contribution is 7.25. The van der Waals surface area contributed by atoms with Gasteiger partial charge in [-0.05, 0) is 54.6 Å². The average Bonchev–Trinajstić information content (AvgIpc) is 3.86. The minimum Gasteiger partial charge on any atom is -0.456 e. The van der Waals surface area contributed by atoms with E-state index in [4.69, 9.17) is 19.4 Å². The van der Waals surface area contributed by atoms with Crippen molar-refractivity contribution in [3.63, 3.8) is 0 Å². The monoisotopic (exact) mass is 670 g/mol. The van der Waals surface area contributed by atoms with Crippen molar-refractivity contribution in [1.82, 2.24) is 19.5 Å². The predicted octanol–water partition coefficient (Wildman–Crippen LogP) is 12.2. The molecule has 0 fully saturated rings. The van der Waals surface area contributed by atoms with Crippen molar-refractivity contribution < 1.29 is 4.42 Å². The molecular formula is C45H26N4OS. The van der Waals surface area contributed by atoms with Crippen molar-refractivity contribution in [3.8, 4) is 39.9 Å². The second kappa shape index (κ2) is 10.9. The highest BCUT2D eigenvalue weighted by Gasteiger charge is 2.19. The third-order valence-electron chi connectivity index (χ3n) is 9.85. The predicted molar refractivity (Wildman–Crippen MR) is 211 cm³/mol. The van der Waals surface area contributed by atoms with Gasteiger partial charge in [-0.2, -0.15) is 0 Å². The molecule has 0 bridgehead atoms. The molecule has 0 aliphatic heterocycles. The van der Waals surface area contributed by atoms with Gasteiger partial charge in [0.1, 0.15) is 11.2 Å². The number of para-hydroxylation sites is 2. The number of thiophene rings is 1. The summed E-state index contributed by atoms with van der Waals surface area (Å²) in [5.41, 5.74) is 7.90. The number of rotatable bonds is 4. The van der Waals surface area contributed by atoms with E-state index in [1.165, 1.54) is 30.9 Å². The molecule has 0 unspecified atom stereocenters. The molecule has 0 N–H and O–H groups in total. The van der Waals surface area contributed by atoms with E-state index < -0.39 is 0 Å². The third kappa shape index (κ3) is 4.37. The average molecular weight is 671 g/mol. The summed E-state index contributed by atoms with van der Waals surface area (Å²) in [7, 11) is 0. The summed E-state index contributed by atoms with van der Waals surface area (Å²) in [6.45, 7) is 0. The van der Waals surface area contributed by atoms with E-state index in [1.807, 2.05) is 36.4 Å². The Bertz CT molecular complexity index is 3140. The van der Waals surface area contributed by atoms with Crippen LogP contribution in [0.3, 0.4) is 0 Å². The van der Waals surface area contributed by atoms with Crippen LogP contribution in [0.1, 0.15) is 0 Å². The van der Waals surface area contributed by atoms with Crippen LogP contribution in [0.15, 0.2) is 162 Å². The number of nitrogens with zero attached hydrogens (tertiary/aromatic N) is 4. The maximum absolute atomic E-state index is 6.54. The van der Waals surface area contributed by atoms with Gasteiger partial charge in [-0.25, -0.2) is 15.0 Å². The van der Waals surface area contributed by atoms with Gasteiger partial charge in [-0.1, -0.05) is 97.1 Å². The summed E-state index contributed by atoms with van der Waals surface area (Å²) in [5.74, 6) is 1.91. The van der Waals surface area contributed by atoms with Gasteiger partial charge in [0.2, 0.25) is 0 Å². The molecule has 0 radical (unpaired) electrons. The molecule has 4 heterocycles. The van der Waals surface area contributed by atoms with Gasteiger partial charge in [0.05, 0.1) is 11.0 Å². The molecule has 0 saturated carbocycles. The molecule has 7 aromatic carbocycles. The maximum atomic E-state index is 6.54. The van der Waals surface area contributed by atoms with E-state index >= 15 is 0 Å². The van der Waals surface area contributed by atoms with Gasteiger partial charge < -0.3 is 8.98 Å². The van der Waals surface area contributed by atoms with Crippen LogP contribution in [0.25, 0.3) is 104 Å². The smallest absolute Gasteiger partial charge is 0.164 e. The van der Waals surface area contributed by atoms with Crippen molar-refractivity contribution in [3.05, 3.63) is 158 Å². The third-order valence-corrected chi connectivity index (χ3v) is 11.0. The van der Waals surface area contributed by atoms with Crippen LogP contribution in [-0.4, -0.2) is 19.5 Å². The summed E-state index contributed by atoms with van der Waals surface area (Å²) in [4.78, 5) is 15.3. The lowest BCUT2D eigenvalue weighted by molar-refractivity contribution is 0.669. The van der Waals surface area contributed by atoms with Crippen molar-refractivity contribution in [2.75, 3.05) is 0 Å². The lowest BCUT2D eigenvalue weighted by atomic mass is 10.0. The van der Waals surface area contributed by atoms with Crippen LogP contribution in [0, 0.1) is 0 Å². The number of hydrogen-bond donors (Lipinski definition) is 0. The fraction of sp³-hybridized carbons (Fsp3) is 0. The number of furan rings is 1. The molecule has 0 saturated heterocycles. The molecule has 6 heteroatoms. The summed E-state index contributed by atoms with van der Waals surface area (Å²) >= 11 is 1.79. The van der Waals surface area contributed by atoms with Crippen LogP contribution < -0.4 is 0 Å². The molecule has 0 amide bonds. The van der Waals surface area contributed by atoms with Crippen LogP contribution in [0.2, 0.25) is 0 Å². The lowest BCUT2D eigenvalue weighted by Gasteiger charge is -2.09. The molecule has 0 spiro atoms. The van der Waals surface area contributed by atoms with Gasteiger partial charge in [0.25, 0.3) is 0 Å². The van der Waals surface area contributed by atoms with Crippen LogP contribution in [0.5, 0.6) is 0 Å². The number of hydrogen-bond acceptors (Lipinski definition) is 5. The van der Waals surface area contributed by atoms with Gasteiger partial charge in [0.15, 0.2) is 17.5 Å². The van der Waals surface area contributed by atoms with Crippen LogP contribution in [-0.2, 0) is 0 Å². The van der Waals surface area contributed by atoms with Crippen molar-refractivity contribution in [2.45, 2.75) is 0 Å². The Morgan fingerprint density at radius 3 is 1.98 bits per heavy atom. The Kier molecular flexibility index (Phi) is 6.05. The molecule has 11 rings (SSSR count). The molecule has 5 nitrogen and oxygen atoms in total. The quantitative estimate of drug-likeness (QED) is 0.187. The van der Waals surface area contributed by atoms with E-state index in [0.29, 0.717) is 17.5 Å². The molecule has 0 atom stereocenters. The first-order valence-electron chi connectivity index (χ1n) is 16.9. The van der Waals surface area contributed by atoms with E-state index in [2.05, 4.69) is 126 Å². The minimum atomic E-state index is 0.619.